The number of aliphatic carboxylic acids is 1. The number of thiophene rings is 1. The number of anilines is 1. The molecule has 4 aromatic rings. The van der Waals surface area contributed by atoms with Gasteiger partial charge in [-0.25, -0.2) is 14.8 Å². The number of hydrogen-bond donors (Lipinski definition) is 3. The number of H-pyrrole nitrogens is 1. The molecule has 0 aliphatic heterocycles. The fourth-order valence-electron chi connectivity index (χ4n) is 2.82. The summed E-state index contributed by atoms with van der Waals surface area (Å²) in [5, 5.41) is 16.4. The molecule has 1 unspecified atom stereocenters. The van der Waals surface area contributed by atoms with Crippen molar-refractivity contribution in [1.29, 1.82) is 0 Å². The topological polar surface area (TPSA) is 90.9 Å². The van der Waals surface area contributed by atoms with Gasteiger partial charge in [-0.1, -0.05) is 18.2 Å². The van der Waals surface area contributed by atoms with Gasteiger partial charge in [0.15, 0.2) is 0 Å². The third-order valence-electron chi connectivity index (χ3n) is 4.01. The smallest absolute Gasteiger partial charge is 0.326 e. The maximum absolute atomic E-state index is 11.8. The van der Waals surface area contributed by atoms with Crippen molar-refractivity contribution < 1.29 is 9.90 Å². The number of nitrogens with zero attached hydrogens (tertiary/aromatic N) is 2. The molecule has 1 atom stereocenters. The van der Waals surface area contributed by atoms with Crippen LogP contribution < -0.4 is 5.32 Å². The predicted molar refractivity (Wildman–Crippen MR) is 99.5 cm³/mol. The molecule has 0 amide bonds. The average molecular weight is 373 g/mol. The van der Waals surface area contributed by atoms with Gasteiger partial charge in [0.2, 0.25) is 5.28 Å². The maximum atomic E-state index is 11.8. The number of benzene rings is 1. The zero-order chi connectivity index (χ0) is 17.4. The van der Waals surface area contributed by atoms with E-state index in [4.69, 9.17) is 11.6 Å². The molecule has 3 N–H and O–H groups in total. The summed E-state index contributed by atoms with van der Waals surface area (Å²) in [5.41, 5.74) is 1.91. The standard InChI is InChI=1S/C17H13ClN4O2S/c18-17-21-14(11-5-6-25-15(11)22-17)20-13(16(23)24)7-9-8-19-12-4-2-1-3-10(9)12/h1-6,8,13,19H,7H2,(H,23,24)(H,20,21,22). The minimum absolute atomic E-state index is 0.0914. The van der Waals surface area contributed by atoms with E-state index in [1.54, 1.807) is 0 Å². The Morgan fingerprint density at radius 1 is 1.28 bits per heavy atom. The minimum atomic E-state index is -0.955. The van der Waals surface area contributed by atoms with E-state index in [9.17, 15) is 9.90 Å². The number of aromatic amines is 1. The summed E-state index contributed by atoms with van der Waals surface area (Å²) in [6.07, 6.45) is 2.15. The Bertz CT molecular complexity index is 1070. The molecule has 0 aliphatic rings. The van der Waals surface area contributed by atoms with Gasteiger partial charge in [-0.3, -0.25) is 0 Å². The first-order chi connectivity index (χ1) is 12.1. The molecule has 0 spiro atoms. The van der Waals surface area contributed by atoms with Crippen LogP contribution in [0.3, 0.4) is 0 Å². The van der Waals surface area contributed by atoms with Crippen molar-refractivity contribution in [3.05, 3.63) is 52.8 Å². The van der Waals surface area contributed by atoms with Crippen LogP contribution in [-0.2, 0) is 11.2 Å². The lowest BCUT2D eigenvalue weighted by atomic mass is 10.0. The molecule has 4 rings (SSSR count). The Balaban J connectivity index is 1.68. The van der Waals surface area contributed by atoms with Gasteiger partial charge < -0.3 is 15.4 Å². The Labute approximate surface area is 151 Å². The third kappa shape index (κ3) is 3.04. The van der Waals surface area contributed by atoms with E-state index in [-0.39, 0.29) is 5.28 Å². The van der Waals surface area contributed by atoms with E-state index in [2.05, 4.69) is 20.3 Å². The molecule has 8 heteroatoms. The molecular formula is C17H13ClN4O2S. The number of carboxylic acid groups (broad SMARTS) is 1. The van der Waals surface area contributed by atoms with Crippen LogP contribution in [0.1, 0.15) is 5.56 Å². The van der Waals surface area contributed by atoms with Gasteiger partial charge >= 0.3 is 5.97 Å². The highest BCUT2D eigenvalue weighted by Gasteiger charge is 2.22. The Hall–Kier alpha value is -2.64. The summed E-state index contributed by atoms with van der Waals surface area (Å²) >= 11 is 7.39. The van der Waals surface area contributed by atoms with Gasteiger partial charge in [0, 0.05) is 23.5 Å². The monoisotopic (exact) mass is 372 g/mol. The van der Waals surface area contributed by atoms with E-state index in [1.807, 2.05) is 41.9 Å². The van der Waals surface area contributed by atoms with Gasteiger partial charge in [0.1, 0.15) is 16.7 Å². The molecule has 1 aromatic carbocycles. The largest absolute Gasteiger partial charge is 0.480 e. The van der Waals surface area contributed by atoms with E-state index >= 15 is 0 Å². The van der Waals surface area contributed by atoms with Gasteiger partial charge in [-0.05, 0) is 34.7 Å². The summed E-state index contributed by atoms with van der Waals surface area (Å²) in [7, 11) is 0. The highest BCUT2D eigenvalue weighted by molar-refractivity contribution is 7.16. The third-order valence-corrected chi connectivity index (χ3v) is 4.98. The first-order valence-electron chi connectivity index (χ1n) is 7.57. The van der Waals surface area contributed by atoms with Crippen molar-refractivity contribution in [2.24, 2.45) is 0 Å². The summed E-state index contributed by atoms with van der Waals surface area (Å²) < 4.78 is 0. The number of hydrogen-bond acceptors (Lipinski definition) is 5. The van der Waals surface area contributed by atoms with Crippen molar-refractivity contribution in [3.63, 3.8) is 0 Å². The zero-order valence-corrected chi connectivity index (χ0v) is 14.4. The second-order valence-corrected chi connectivity index (χ2v) is 6.81. The number of rotatable bonds is 5. The second-order valence-electron chi connectivity index (χ2n) is 5.58. The molecular weight excluding hydrogens is 360 g/mol. The van der Waals surface area contributed by atoms with Crippen LogP contribution >= 0.6 is 22.9 Å². The summed E-state index contributed by atoms with van der Waals surface area (Å²) in [4.78, 5) is 24.0. The first-order valence-corrected chi connectivity index (χ1v) is 8.82. The number of carboxylic acids is 1. The second kappa shape index (κ2) is 6.34. The molecule has 0 aliphatic carbocycles. The summed E-state index contributed by atoms with van der Waals surface area (Å²) in [6.45, 7) is 0. The first kappa shape index (κ1) is 15.9. The van der Waals surface area contributed by atoms with Crippen LogP contribution in [0.25, 0.3) is 21.1 Å². The number of para-hydroxylation sites is 1. The summed E-state index contributed by atoms with van der Waals surface area (Å²) in [6, 6.07) is 8.81. The molecule has 0 bridgehead atoms. The molecule has 126 valence electrons. The minimum Gasteiger partial charge on any atom is -0.480 e. The number of nitrogens with one attached hydrogen (secondary N) is 2. The Kier molecular flexibility index (Phi) is 4.03. The lowest BCUT2D eigenvalue weighted by molar-refractivity contribution is -0.137. The highest BCUT2D eigenvalue weighted by atomic mass is 35.5. The molecule has 0 radical (unpaired) electrons. The normalized spacial score (nSPS) is 12.5. The van der Waals surface area contributed by atoms with Crippen LogP contribution in [0.4, 0.5) is 5.82 Å². The summed E-state index contributed by atoms with van der Waals surface area (Å²) in [5.74, 6) is -0.521. The van der Waals surface area contributed by atoms with Gasteiger partial charge in [-0.2, -0.15) is 0 Å². The Morgan fingerprint density at radius 3 is 2.96 bits per heavy atom. The quantitative estimate of drug-likeness (QED) is 0.462. The highest BCUT2D eigenvalue weighted by Crippen LogP contribution is 2.28. The van der Waals surface area contributed by atoms with Crippen molar-refractivity contribution in [2.75, 3.05) is 5.32 Å². The Morgan fingerprint density at radius 2 is 2.12 bits per heavy atom. The molecule has 6 nitrogen and oxygen atoms in total. The zero-order valence-electron chi connectivity index (χ0n) is 12.9. The van der Waals surface area contributed by atoms with E-state index < -0.39 is 12.0 Å². The van der Waals surface area contributed by atoms with Crippen molar-refractivity contribution in [1.82, 2.24) is 15.0 Å². The van der Waals surface area contributed by atoms with Crippen LogP contribution in [0.5, 0.6) is 0 Å². The lowest BCUT2D eigenvalue weighted by Crippen LogP contribution is -2.32. The van der Waals surface area contributed by atoms with Crippen molar-refractivity contribution in [3.8, 4) is 0 Å². The predicted octanol–water partition coefficient (Wildman–Crippen LogP) is 3.93. The number of carbonyl (C=O) groups is 1. The molecule has 0 saturated carbocycles. The van der Waals surface area contributed by atoms with E-state index in [1.165, 1.54) is 11.3 Å². The number of aromatic nitrogens is 3. The molecule has 25 heavy (non-hydrogen) atoms. The molecule has 3 heterocycles. The average Bonchev–Trinajstić information content (AvgIpc) is 3.21. The van der Waals surface area contributed by atoms with Gasteiger partial charge in [0.05, 0.1) is 5.39 Å². The van der Waals surface area contributed by atoms with E-state index in [0.29, 0.717) is 12.2 Å². The van der Waals surface area contributed by atoms with Gasteiger partial charge in [0.25, 0.3) is 0 Å². The number of fused-ring (bicyclic) bond motifs is 2. The fraction of sp³-hybridized carbons (Fsp3) is 0.118. The molecule has 3 aromatic heterocycles. The molecule has 0 fully saturated rings. The number of halogens is 1. The fourth-order valence-corrected chi connectivity index (χ4v) is 3.81. The van der Waals surface area contributed by atoms with E-state index in [0.717, 1.165) is 26.7 Å². The van der Waals surface area contributed by atoms with Crippen LogP contribution in [-0.4, -0.2) is 32.1 Å². The maximum Gasteiger partial charge on any atom is 0.326 e. The lowest BCUT2D eigenvalue weighted by Gasteiger charge is -2.15. The molecule has 0 saturated heterocycles. The SMILES string of the molecule is O=C(O)C(Cc1c[nH]c2ccccc12)Nc1nc(Cl)nc2sccc12. The van der Waals surface area contributed by atoms with Crippen molar-refractivity contribution in [2.45, 2.75) is 12.5 Å². The van der Waals surface area contributed by atoms with Crippen LogP contribution in [0.15, 0.2) is 41.9 Å². The van der Waals surface area contributed by atoms with Crippen LogP contribution in [0, 0.1) is 0 Å². The van der Waals surface area contributed by atoms with Gasteiger partial charge in [-0.15, -0.1) is 11.3 Å². The van der Waals surface area contributed by atoms with Crippen molar-refractivity contribution >= 4 is 55.8 Å². The van der Waals surface area contributed by atoms with Crippen LogP contribution in [0.2, 0.25) is 5.28 Å².